The molecule has 1 aliphatic rings. The number of esters is 1. The molecular formula is C36H41F2N3O7. The van der Waals surface area contributed by atoms with E-state index in [0.29, 0.717) is 23.4 Å². The summed E-state index contributed by atoms with van der Waals surface area (Å²) in [5.41, 5.74) is 1.13. The quantitative estimate of drug-likeness (QED) is 0.175. The van der Waals surface area contributed by atoms with Crippen molar-refractivity contribution < 1.29 is 42.5 Å². The molecule has 256 valence electrons. The van der Waals surface area contributed by atoms with Crippen LogP contribution >= 0.6 is 0 Å². The van der Waals surface area contributed by atoms with Gasteiger partial charge < -0.3 is 30.1 Å². The van der Waals surface area contributed by atoms with E-state index in [1.54, 1.807) is 49.9 Å². The number of aliphatic hydroxyl groups is 1. The Hall–Kier alpha value is -4.84. The van der Waals surface area contributed by atoms with Crippen LogP contribution in [0.3, 0.4) is 0 Å². The van der Waals surface area contributed by atoms with E-state index in [1.165, 1.54) is 62.4 Å². The molecule has 1 heterocycles. The van der Waals surface area contributed by atoms with E-state index in [0.717, 1.165) is 5.56 Å². The maximum absolute atomic E-state index is 13.6. The van der Waals surface area contributed by atoms with E-state index in [9.17, 15) is 33.1 Å². The maximum atomic E-state index is 13.6. The van der Waals surface area contributed by atoms with Gasteiger partial charge in [-0.1, -0.05) is 24.3 Å². The predicted molar refractivity (Wildman–Crippen MR) is 174 cm³/mol. The molecule has 5 unspecified atom stereocenters. The van der Waals surface area contributed by atoms with Crippen LogP contribution in [-0.4, -0.2) is 53.1 Å². The SMILES string of the molecule is CC(NC(=O)COc1ccc(C2C(CCC(O)c3ccc(F)cc3)C(=O)N2c2ccc(F)cc2)cc1)C(=O)NC(C)C(=O)OC(C)(C)C. The molecule has 5 atom stereocenters. The number of hydrogen-bond donors (Lipinski definition) is 3. The lowest BCUT2D eigenvalue weighted by Crippen LogP contribution is -2.55. The molecular weight excluding hydrogens is 624 g/mol. The molecule has 0 saturated carbocycles. The molecule has 3 aromatic carbocycles. The number of halogens is 2. The highest BCUT2D eigenvalue weighted by molar-refractivity contribution is 6.03. The fourth-order valence-corrected chi connectivity index (χ4v) is 5.34. The zero-order valence-corrected chi connectivity index (χ0v) is 27.5. The Labute approximate surface area is 278 Å². The van der Waals surface area contributed by atoms with Gasteiger partial charge in [-0.2, -0.15) is 0 Å². The van der Waals surface area contributed by atoms with Crippen molar-refractivity contribution in [3.05, 3.63) is 95.6 Å². The van der Waals surface area contributed by atoms with Gasteiger partial charge in [-0.25, -0.2) is 13.6 Å². The molecule has 12 heteroatoms. The van der Waals surface area contributed by atoms with Crippen LogP contribution in [-0.2, 0) is 23.9 Å². The highest BCUT2D eigenvalue weighted by atomic mass is 19.1. The smallest absolute Gasteiger partial charge is 0.328 e. The van der Waals surface area contributed by atoms with E-state index in [2.05, 4.69) is 10.6 Å². The first-order valence-corrected chi connectivity index (χ1v) is 15.7. The largest absolute Gasteiger partial charge is 0.484 e. The Kier molecular flexibility index (Phi) is 11.5. The number of carbonyl (C=O) groups excluding carboxylic acids is 4. The molecule has 10 nitrogen and oxygen atoms in total. The lowest BCUT2D eigenvalue weighted by molar-refractivity contribution is -0.158. The van der Waals surface area contributed by atoms with Gasteiger partial charge in [0.05, 0.1) is 18.1 Å². The van der Waals surface area contributed by atoms with Gasteiger partial charge in [0.15, 0.2) is 6.61 Å². The highest BCUT2D eigenvalue weighted by Crippen LogP contribution is 2.46. The molecule has 0 spiro atoms. The minimum Gasteiger partial charge on any atom is -0.484 e. The number of benzene rings is 3. The molecule has 0 bridgehead atoms. The van der Waals surface area contributed by atoms with Crippen LogP contribution in [0.5, 0.6) is 5.75 Å². The van der Waals surface area contributed by atoms with Gasteiger partial charge in [0.25, 0.3) is 5.91 Å². The van der Waals surface area contributed by atoms with Gasteiger partial charge >= 0.3 is 5.97 Å². The average molecular weight is 666 g/mol. The van der Waals surface area contributed by atoms with Gasteiger partial charge in [0.1, 0.15) is 35.1 Å². The van der Waals surface area contributed by atoms with Crippen molar-refractivity contribution in [2.45, 2.75) is 77.3 Å². The predicted octanol–water partition coefficient (Wildman–Crippen LogP) is 4.91. The summed E-state index contributed by atoms with van der Waals surface area (Å²) >= 11 is 0. The Morgan fingerprint density at radius 1 is 0.875 bits per heavy atom. The van der Waals surface area contributed by atoms with Crippen LogP contribution in [0.2, 0.25) is 0 Å². The van der Waals surface area contributed by atoms with Gasteiger partial charge in [0, 0.05) is 5.69 Å². The van der Waals surface area contributed by atoms with E-state index in [1.807, 2.05) is 0 Å². The maximum Gasteiger partial charge on any atom is 0.328 e. The number of ether oxygens (including phenoxy) is 2. The molecule has 3 aromatic rings. The molecule has 1 aliphatic heterocycles. The molecule has 0 aromatic heterocycles. The van der Waals surface area contributed by atoms with Gasteiger partial charge in [-0.3, -0.25) is 14.4 Å². The topological polar surface area (TPSA) is 134 Å². The number of aliphatic hydroxyl groups excluding tert-OH is 1. The normalized spacial score (nSPS) is 17.8. The average Bonchev–Trinajstić information content (AvgIpc) is 3.03. The van der Waals surface area contributed by atoms with Crippen LogP contribution < -0.4 is 20.3 Å². The highest BCUT2D eigenvalue weighted by Gasteiger charge is 2.48. The summed E-state index contributed by atoms with van der Waals surface area (Å²) in [5.74, 6) is -2.84. The number of β-lactam (4-membered cyclic amide) rings is 1. The molecule has 4 rings (SSSR count). The lowest BCUT2D eigenvalue weighted by atomic mass is 9.78. The minimum absolute atomic E-state index is 0.173. The zero-order valence-electron chi connectivity index (χ0n) is 27.5. The van der Waals surface area contributed by atoms with Crippen LogP contribution in [0.15, 0.2) is 72.8 Å². The summed E-state index contributed by atoms with van der Waals surface area (Å²) in [4.78, 5) is 52.0. The van der Waals surface area contributed by atoms with Crippen molar-refractivity contribution in [2.75, 3.05) is 11.5 Å². The van der Waals surface area contributed by atoms with Gasteiger partial charge in [0.2, 0.25) is 11.8 Å². The van der Waals surface area contributed by atoms with Crippen molar-refractivity contribution in [2.24, 2.45) is 5.92 Å². The van der Waals surface area contributed by atoms with Crippen molar-refractivity contribution in [3.63, 3.8) is 0 Å². The van der Waals surface area contributed by atoms with Crippen molar-refractivity contribution >= 4 is 29.4 Å². The lowest BCUT2D eigenvalue weighted by Gasteiger charge is -2.48. The number of nitrogens with one attached hydrogen (secondary N) is 2. The summed E-state index contributed by atoms with van der Waals surface area (Å²) in [7, 11) is 0. The van der Waals surface area contributed by atoms with Crippen LogP contribution in [0.25, 0.3) is 0 Å². The molecule has 1 fully saturated rings. The number of hydrogen-bond acceptors (Lipinski definition) is 7. The Balaban J connectivity index is 1.36. The van der Waals surface area contributed by atoms with Gasteiger partial charge in [-0.15, -0.1) is 0 Å². The van der Waals surface area contributed by atoms with Crippen molar-refractivity contribution in [3.8, 4) is 5.75 Å². The molecule has 0 radical (unpaired) electrons. The minimum atomic E-state index is -0.944. The van der Waals surface area contributed by atoms with E-state index in [-0.39, 0.29) is 18.9 Å². The van der Waals surface area contributed by atoms with Crippen molar-refractivity contribution in [1.82, 2.24) is 10.6 Å². The number of anilines is 1. The van der Waals surface area contributed by atoms with E-state index >= 15 is 0 Å². The van der Waals surface area contributed by atoms with Crippen LogP contribution in [0.1, 0.15) is 70.7 Å². The number of carbonyl (C=O) groups is 4. The Morgan fingerprint density at radius 2 is 1.46 bits per heavy atom. The second-order valence-corrected chi connectivity index (χ2v) is 12.8. The van der Waals surface area contributed by atoms with Crippen LogP contribution in [0, 0.1) is 17.6 Å². The Bertz CT molecular complexity index is 1590. The Morgan fingerprint density at radius 3 is 2.04 bits per heavy atom. The summed E-state index contributed by atoms with van der Waals surface area (Å²) < 4.78 is 37.8. The zero-order chi connectivity index (χ0) is 35.2. The second-order valence-electron chi connectivity index (χ2n) is 12.8. The fourth-order valence-electron chi connectivity index (χ4n) is 5.34. The third-order valence-electron chi connectivity index (χ3n) is 7.81. The molecule has 3 N–H and O–H groups in total. The molecule has 0 aliphatic carbocycles. The number of nitrogens with zero attached hydrogens (tertiary/aromatic N) is 1. The standard InChI is InChI=1S/C36H41F2N3O7/c1-21(33(44)40-22(2)35(46)48-36(3,4)5)39-31(43)20-47-28-16-8-24(9-17-28)32-29(18-19-30(42)23-6-10-25(37)11-7-23)34(45)41(32)27-14-12-26(38)13-15-27/h6-17,21-22,29-30,32,42H,18-20H2,1-5H3,(H,39,43)(H,40,44). The first-order valence-electron chi connectivity index (χ1n) is 15.7. The van der Waals surface area contributed by atoms with Crippen LogP contribution in [0.4, 0.5) is 14.5 Å². The van der Waals surface area contributed by atoms with Crippen molar-refractivity contribution in [1.29, 1.82) is 0 Å². The molecule has 1 saturated heterocycles. The second kappa shape index (κ2) is 15.4. The number of rotatable bonds is 13. The number of amides is 3. The third-order valence-corrected chi connectivity index (χ3v) is 7.81. The summed E-state index contributed by atoms with van der Waals surface area (Å²) in [5, 5.41) is 15.7. The summed E-state index contributed by atoms with van der Waals surface area (Å²) in [6.45, 7) is 7.74. The first-order chi connectivity index (χ1) is 22.6. The monoisotopic (exact) mass is 665 g/mol. The van der Waals surface area contributed by atoms with E-state index in [4.69, 9.17) is 9.47 Å². The first kappa shape index (κ1) is 36.0. The molecule has 48 heavy (non-hydrogen) atoms. The van der Waals surface area contributed by atoms with E-state index < -0.39 is 65.2 Å². The third kappa shape index (κ3) is 9.37. The fraction of sp³-hybridized carbons (Fsp3) is 0.389. The summed E-state index contributed by atoms with van der Waals surface area (Å²) in [6, 6.07) is 15.7. The molecule has 3 amide bonds. The van der Waals surface area contributed by atoms with Gasteiger partial charge in [-0.05, 0) is 107 Å². The summed E-state index contributed by atoms with van der Waals surface area (Å²) in [6.07, 6.45) is -0.272.